The molecule has 1 N–H and O–H groups in total. The average Bonchev–Trinajstić information content (AvgIpc) is 2.52. The van der Waals surface area contributed by atoms with E-state index >= 15 is 0 Å². The molecule has 0 unspecified atom stereocenters. The molecule has 0 heterocycles. The predicted octanol–water partition coefficient (Wildman–Crippen LogP) is 2.95. The maximum absolute atomic E-state index is 11.6. The Balaban J connectivity index is 1.90. The van der Waals surface area contributed by atoms with Gasteiger partial charge in [-0.2, -0.15) is 0 Å². The van der Waals surface area contributed by atoms with Crippen LogP contribution in [0.5, 0.6) is 5.75 Å². The van der Waals surface area contributed by atoms with Gasteiger partial charge in [-0.15, -0.1) is 0 Å². The lowest BCUT2D eigenvalue weighted by Gasteiger charge is -2.07. The molecule has 4 nitrogen and oxygen atoms in total. The molecule has 2 rings (SSSR count). The van der Waals surface area contributed by atoms with Gasteiger partial charge in [0.05, 0.1) is 6.61 Å². The zero-order chi connectivity index (χ0) is 14.2. The first-order valence-electron chi connectivity index (χ1n) is 6.48. The normalized spacial score (nSPS) is 10.1. The van der Waals surface area contributed by atoms with Crippen LogP contribution >= 0.6 is 0 Å². The Hall–Kier alpha value is -2.33. The van der Waals surface area contributed by atoms with E-state index in [1.165, 1.54) is 0 Å². The lowest BCUT2D eigenvalue weighted by atomic mass is 10.2. The Morgan fingerprint density at radius 1 is 1.05 bits per heavy atom. The quantitative estimate of drug-likeness (QED) is 0.822. The highest BCUT2D eigenvalue weighted by Gasteiger charge is 2.05. The van der Waals surface area contributed by atoms with Crippen molar-refractivity contribution in [1.29, 1.82) is 0 Å². The van der Waals surface area contributed by atoms with Crippen molar-refractivity contribution < 1.29 is 14.4 Å². The fraction of sp³-hybridized carbons (Fsp3) is 0.188. The molecule has 0 aliphatic rings. The molecule has 20 heavy (non-hydrogen) atoms. The van der Waals surface area contributed by atoms with Crippen LogP contribution in [-0.4, -0.2) is 12.5 Å². The molecule has 0 aliphatic heterocycles. The monoisotopic (exact) mass is 271 g/mol. The average molecular weight is 271 g/mol. The summed E-state index contributed by atoms with van der Waals surface area (Å²) in [5, 5.41) is 0. The second-order valence-corrected chi connectivity index (χ2v) is 4.16. The summed E-state index contributed by atoms with van der Waals surface area (Å²) in [4.78, 5) is 16.5. The zero-order valence-corrected chi connectivity index (χ0v) is 11.3. The summed E-state index contributed by atoms with van der Waals surface area (Å²) in [5.41, 5.74) is 3.98. The van der Waals surface area contributed by atoms with Gasteiger partial charge in [-0.3, -0.25) is 9.63 Å². The third-order valence-corrected chi connectivity index (χ3v) is 2.67. The smallest absolute Gasteiger partial charge is 0.274 e. The van der Waals surface area contributed by atoms with Crippen LogP contribution < -0.4 is 10.2 Å². The molecule has 0 atom stereocenters. The molecule has 2 aromatic carbocycles. The van der Waals surface area contributed by atoms with Crippen LogP contribution in [0.15, 0.2) is 54.6 Å². The van der Waals surface area contributed by atoms with E-state index in [-0.39, 0.29) is 5.91 Å². The highest BCUT2D eigenvalue weighted by molar-refractivity contribution is 5.93. The van der Waals surface area contributed by atoms with Crippen LogP contribution in [0.2, 0.25) is 0 Å². The van der Waals surface area contributed by atoms with Gasteiger partial charge in [0.1, 0.15) is 12.4 Å². The zero-order valence-electron chi connectivity index (χ0n) is 11.3. The second kappa shape index (κ2) is 7.31. The lowest BCUT2D eigenvalue weighted by Crippen LogP contribution is -2.23. The van der Waals surface area contributed by atoms with Crippen LogP contribution in [0.4, 0.5) is 0 Å². The Kier molecular flexibility index (Phi) is 5.15. The van der Waals surface area contributed by atoms with Gasteiger partial charge >= 0.3 is 0 Å². The van der Waals surface area contributed by atoms with Gasteiger partial charge in [0.15, 0.2) is 0 Å². The first-order chi connectivity index (χ1) is 9.79. The highest BCUT2D eigenvalue weighted by Crippen LogP contribution is 2.14. The van der Waals surface area contributed by atoms with Crippen molar-refractivity contribution in [2.75, 3.05) is 6.61 Å². The van der Waals surface area contributed by atoms with Gasteiger partial charge in [0, 0.05) is 5.56 Å². The van der Waals surface area contributed by atoms with Gasteiger partial charge in [-0.25, -0.2) is 5.48 Å². The third-order valence-electron chi connectivity index (χ3n) is 2.67. The number of hydrogen-bond acceptors (Lipinski definition) is 3. The summed E-state index contributed by atoms with van der Waals surface area (Å²) in [6, 6.07) is 16.9. The molecule has 0 radical (unpaired) electrons. The minimum absolute atomic E-state index is 0.263. The van der Waals surface area contributed by atoms with Crippen LogP contribution in [0, 0.1) is 0 Å². The predicted molar refractivity (Wildman–Crippen MR) is 76.3 cm³/mol. The molecule has 0 saturated carbocycles. The summed E-state index contributed by atoms with van der Waals surface area (Å²) in [5.74, 6) is 0.461. The third kappa shape index (κ3) is 4.10. The van der Waals surface area contributed by atoms with Crippen molar-refractivity contribution in [3.05, 3.63) is 65.7 Å². The van der Waals surface area contributed by atoms with E-state index in [2.05, 4.69) is 5.48 Å². The first-order valence-corrected chi connectivity index (χ1v) is 6.48. The molecule has 0 bridgehead atoms. The van der Waals surface area contributed by atoms with E-state index in [4.69, 9.17) is 9.57 Å². The van der Waals surface area contributed by atoms with Crippen molar-refractivity contribution in [2.24, 2.45) is 0 Å². The summed E-state index contributed by atoms with van der Waals surface area (Å²) in [7, 11) is 0. The second-order valence-electron chi connectivity index (χ2n) is 4.16. The van der Waals surface area contributed by atoms with Gasteiger partial charge in [-0.1, -0.05) is 30.3 Å². The summed E-state index contributed by atoms with van der Waals surface area (Å²) in [6.45, 7) is 2.75. The number of benzene rings is 2. The molecule has 0 fully saturated rings. The topological polar surface area (TPSA) is 47.6 Å². The van der Waals surface area contributed by atoms with Crippen molar-refractivity contribution in [3.8, 4) is 5.75 Å². The summed E-state index contributed by atoms with van der Waals surface area (Å²) in [6.07, 6.45) is 0. The Bertz CT molecular complexity index is 537. The van der Waals surface area contributed by atoms with E-state index in [0.717, 1.165) is 11.3 Å². The maximum Gasteiger partial charge on any atom is 0.274 e. The SMILES string of the molecule is CCONC(=O)c1ccc(OCc2ccccc2)cc1. The Morgan fingerprint density at radius 3 is 2.40 bits per heavy atom. The fourth-order valence-corrected chi connectivity index (χ4v) is 1.64. The molecule has 0 aliphatic carbocycles. The number of carbonyl (C=O) groups is 1. The van der Waals surface area contributed by atoms with Gasteiger partial charge in [-0.05, 0) is 36.8 Å². The summed E-state index contributed by atoms with van der Waals surface area (Å²) < 4.78 is 5.64. The van der Waals surface area contributed by atoms with Gasteiger partial charge in [0.2, 0.25) is 0 Å². The van der Waals surface area contributed by atoms with Crippen molar-refractivity contribution in [3.63, 3.8) is 0 Å². The van der Waals surface area contributed by atoms with Crippen molar-refractivity contribution in [2.45, 2.75) is 13.5 Å². The van der Waals surface area contributed by atoms with Crippen LogP contribution in [0.3, 0.4) is 0 Å². The minimum atomic E-state index is -0.263. The maximum atomic E-state index is 11.6. The molecule has 0 spiro atoms. The highest BCUT2D eigenvalue weighted by atomic mass is 16.6. The van der Waals surface area contributed by atoms with Gasteiger partial charge in [0.25, 0.3) is 5.91 Å². The molecule has 0 aromatic heterocycles. The van der Waals surface area contributed by atoms with Crippen LogP contribution in [0.25, 0.3) is 0 Å². The van der Waals surface area contributed by atoms with Crippen molar-refractivity contribution in [1.82, 2.24) is 5.48 Å². The number of rotatable bonds is 6. The van der Waals surface area contributed by atoms with Crippen LogP contribution in [-0.2, 0) is 11.4 Å². The van der Waals surface area contributed by atoms with E-state index < -0.39 is 0 Å². The number of nitrogens with one attached hydrogen (secondary N) is 1. The van der Waals surface area contributed by atoms with Crippen LogP contribution in [0.1, 0.15) is 22.8 Å². The number of carbonyl (C=O) groups excluding carboxylic acids is 1. The number of hydrogen-bond donors (Lipinski definition) is 1. The van der Waals surface area contributed by atoms with Crippen molar-refractivity contribution >= 4 is 5.91 Å². The number of ether oxygens (including phenoxy) is 1. The minimum Gasteiger partial charge on any atom is -0.489 e. The fourth-order valence-electron chi connectivity index (χ4n) is 1.64. The molecule has 1 amide bonds. The van der Waals surface area contributed by atoms with E-state index in [0.29, 0.717) is 18.8 Å². The molecule has 0 saturated heterocycles. The van der Waals surface area contributed by atoms with Gasteiger partial charge < -0.3 is 4.74 Å². The molecular formula is C16H17NO3. The number of hydroxylamine groups is 1. The van der Waals surface area contributed by atoms with E-state index in [1.54, 1.807) is 31.2 Å². The molecule has 104 valence electrons. The molecule has 4 heteroatoms. The first kappa shape index (κ1) is 14.1. The Labute approximate surface area is 118 Å². The molecule has 2 aromatic rings. The van der Waals surface area contributed by atoms with E-state index in [1.807, 2.05) is 30.3 Å². The van der Waals surface area contributed by atoms with E-state index in [9.17, 15) is 4.79 Å². The standard InChI is InChI=1S/C16H17NO3/c1-2-20-17-16(18)14-8-10-15(11-9-14)19-12-13-6-4-3-5-7-13/h3-11H,2,12H2,1H3,(H,17,18). The number of amides is 1. The summed E-state index contributed by atoms with van der Waals surface area (Å²) >= 11 is 0. The lowest BCUT2D eigenvalue weighted by molar-refractivity contribution is 0.0364. The largest absolute Gasteiger partial charge is 0.489 e. The Morgan fingerprint density at radius 2 is 1.75 bits per heavy atom. The molecular weight excluding hydrogens is 254 g/mol.